The molecule has 0 unspecified atom stereocenters. The molecule has 8 heteroatoms. The summed E-state index contributed by atoms with van der Waals surface area (Å²) in [6, 6.07) is 5.05. The number of hydrogen-bond donors (Lipinski definition) is 2. The molecule has 0 aromatic heterocycles. The van der Waals surface area contributed by atoms with E-state index in [9.17, 15) is 18.8 Å². The lowest BCUT2D eigenvalue weighted by Gasteiger charge is -2.20. The van der Waals surface area contributed by atoms with Crippen LogP contribution in [0.15, 0.2) is 24.3 Å². The highest BCUT2D eigenvalue weighted by Crippen LogP contribution is 2.34. The highest BCUT2D eigenvalue weighted by atomic mass is 19.1. The van der Waals surface area contributed by atoms with Crippen molar-refractivity contribution in [2.75, 3.05) is 19.7 Å². The summed E-state index contributed by atoms with van der Waals surface area (Å²) in [6.45, 7) is 0.416. The van der Waals surface area contributed by atoms with Gasteiger partial charge in [0.15, 0.2) is 6.61 Å². The Kier molecular flexibility index (Phi) is 5.39. The first-order chi connectivity index (χ1) is 12.5. The zero-order valence-electron chi connectivity index (χ0n) is 14.4. The summed E-state index contributed by atoms with van der Waals surface area (Å²) < 4.78 is 18.0. The van der Waals surface area contributed by atoms with Crippen LogP contribution in [-0.4, -0.2) is 48.0 Å². The number of carbonyl (C=O) groups is 3. The van der Waals surface area contributed by atoms with Crippen LogP contribution in [-0.2, 0) is 9.59 Å². The van der Waals surface area contributed by atoms with E-state index in [-0.39, 0.29) is 36.8 Å². The lowest BCUT2D eigenvalue weighted by atomic mass is 9.98. The summed E-state index contributed by atoms with van der Waals surface area (Å²) in [5, 5.41) is 5.50. The lowest BCUT2D eigenvalue weighted by Crippen LogP contribution is -2.44. The number of nitrogens with one attached hydrogen (secondary N) is 2. The van der Waals surface area contributed by atoms with Gasteiger partial charge in [-0.3, -0.25) is 14.5 Å². The minimum absolute atomic E-state index is 0.147. The second-order valence-corrected chi connectivity index (χ2v) is 6.62. The molecule has 3 rings (SSSR count). The Hall–Kier alpha value is -2.64. The second-order valence-electron chi connectivity index (χ2n) is 6.62. The molecule has 1 heterocycles. The van der Waals surface area contributed by atoms with Crippen molar-refractivity contribution >= 4 is 17.8 Å². The molecular formula is C18H22FN3O4. The molecule has 1 spiro atoms. The Labute approximate surface area is 150 Å². The van der Waals surface area contributed by atoms with Crippen molar-refractivity contribution in [2.45, 2.75) is 37.6 Å². The standard InChI is InChI=1S/C18H22FN3O4/c19-13-4-6-14(7-5-13)26-12-15(23)20-10-3-11-22-16(24)18(21-17(22)25)8-1-2-9-18/h4-7H,1-3,8-12H2,(H,20,23)(H,21,25). The normalized spacial score (nSPS) is 18.3. The molecule has 1 aromatic carbocycles. The van der Waals surface area contributed by atoms with Gasteiger partial charge in [0.05, 0.1) is 0 Å². The summed E-state index contributed by atoms with van der Waals surface area (Å²) in [7, 11) is 0. The van der Waals surface area contributed by atoms with Gasteiger partial charge in [-0.2, -0.15) is 0 Å². The fraction of sp³-hybridized carbons (Fsp3) is 0.500. The van der Waals surface area contributed by atoms with Crippen LogP contribution in [0.4, 0.5) is 9.18 Å². The van der Waals surface area contributed by atoms with Crippen LogP contribution in [0.25, 0.3) is 0 Å². The molecule has 140 valence electrons. The van der Waals surface area contributed by atoms with Gasteiger partial charge in [0.1, 0.15) is 17.1 Å². The first-order valence-electron chi connectivity index (χ1n) is 8.79. The Balaban J connectivity index is 1.36. The predicted octanol–water partition coefficient (Wildman–Crippen LogP) is 1.58. The second kappa shape index (κ2) is 7.72. The molecule has 2 fully saturated rings. The topological polar surface area (TPSA) is 87.7 Å². The largest absolute Gasteiger partial charge is 0.484 e. The molecule has 1 saturated heterocycles. The first kappa shape index (κ1) is 18.2. The molecular weight excluding hydrogens is 341 g/mol. The van der Waals surface area contributed by atoms with E-state index in [2.05, 4.69) is 10.6 Å². The maximum atomic E-state index is 12.8. The summed E-state index contributed by atoms with van der Waals surface area (Å²) in [4.78, 5) is 37.5. The van der Waals surface area contributed by atoms with Crippen LogP contribution in [0.3, 0.4) is 0 Å². The number of rotatable bonds is 7. The molecule has 2 aliphatic rings. The smallest absolute Gasteiger partial charge is 0.325 e. The van der Waals surface area contributed by atoms with Crippen LogP contribution >= 0.6 is 0 Å². The maximum absolute atomic E-state index is 12.8. The molecule has 0 atom stereocenters. The Morgan fingerprint density at radius 1 is 1.23 bits per heavy atom. The summed E-state index contributed by atoms with van der Waals surface area (Å²) in [6.07, 6.45) is 3.77. The number of nitrogens with zero attached hydrogens (tertiary/aromatic N) is 1. The van der Waals surface area contributed by atoms with Crippen LogP contribution in [0.5, 0.6) is 5.75 Å². The minimum Gasteiger partial charge on any atom is -0.484 e. The molecule has 0 radical (unpaired) electrons. The monoisotopic (exact) mass is 363 g/mol. The number of ether oxygens (including phenoxy) is 1. The molecule has 1 aliphatic carbocycles. The third-order valence-corrected chi connectivity index (χ3v) is 4.77. The number of halogens is 1. The van der Waals surface area contributed by atoms with Crippen LogP contribution in [0.1, 0.15) is 32.1 Å². The molecule has 7 nitrogen and oxygen atoms in total. The molecule has 26 heavy (non-hydrogen) atoms. The fourth-order valence-corrected chi connectivity index (χ4v) is 3.39. The highest BCUT2D eigenvalue weighted by Gasteiger charge is 2.51. The summed E-state index contributed by atoms with van der Waals surface area (Å²) >= 11 is 0. The highest BCUT2D eigenvalue weighted by molar-refractivity contribution is 6.07. The van der Waals surface area contributed by atoms with Crippen molar-refractivity contribution in [1.29, 1.82) is 0 Å². The maximum Gasteiger partial charge on any atom is 0.325 e. The number of hydrogen-bond acceptors (Lipinski definition) is 4. The number of carbonyl (C=O) groups excluding carboxylic acids is 3. The number of imide groups is 1. The van der Waals surface area contributed by atoms with E-state index >= 15 is 0 Å². The molecule has 1 saturated carbocycles. The van der Waals surface area contributed by atoms with Crippen molar-refractivity contribution in [3.05, 3.63) is 30.1 Å². The van der Waals surface area contributed by atoms with Gasteiger partial charge < -0.3 is 15.4 Å². The minimum atomic E-state index is -0.691. The molecule has 4 amide bonds. The van der Waals surface area contributed by atoms with Crippen LogP contribution in [0, 0.1) is 5.82 Å². The average molecular weight is 363 g/mol. The molecule has 0 bridgehead atoms. The van der Waals surface area contributed by atoms with E-state index in [4.69, 9.17) is 4.74 Å². The molecule has 1 aliphatic heterocycles. The van der Waals surface area contributed by atoms with E-state index in [1.165, 1.54) is 29.2 Å². The number of amides is 4. The zero-order chi connectivity index (χ0) is 18.6. The van der Waals surface area contributed by atoms with Crippen molar-refractivity contribution in [3.63, 3.8) is 0 Å². The molecule has 1 aromatic rings. The van der Waals surface area contributed by atoms with E-state index in [1.807, 2.05) is 0 Å². The van der Waals surface area contributed by atoms with Gasteiger partial charge in [0, 0.05) is 13.1 Å². The van der Waals surface area contributed by atoms with E-state index in [1.54, 1.807) is 0 Å². The summed E-state index contributed by atoms with van der Waals surface area (Å²) in [5.41, 5.74) is -0.691. The summed E-state index contributed by atoms with van der Waals surface area (Å²) in [5.74, 6) is -0.436. The van der Waals surface area contributed by atoms with Gasteiger partial charge in [0.25, 0.3) is 11.8 Å². The van der Waals surface area contributed by atoms with E-state index in [0.717, 1.165) is 12.8 Å². The average Bonchev–Trinajstić information content (AvgIpc) is 3.18. The Morgan fingerprint density at radius 3 is 2.62 bits per heavy atom. The SMILES string of the molecule is O=C(COc1ccc(F)cc1)NCCCN1C(=O)NC2(CCCC2)C1=O. The molecule has 2 N–H and O–H groups in total. The Morgan fingerprint density at radius 2 is 1.92 bits per heavy atom. The zero-order valence-corrected chi connectivity index (χ0v) is 14.4. The number of urea groups is 1. The predicted molar refractivity (Wildman–Crippen MR) is 91.0 cm³/mol. The first-order valence-corrected chi connectivity index (χ1v) is 8.79. The van der Waals surface area contributed by atoms with Gasteiger partial charge in [-0.1, -0.05) is 12.8 Å². The third kappa shape index (κ3) is 3.95. The van der Waals surface area contributed by atoms with Crippen molar-refractivity contribution < 1.29 is 23.5 Å². The van der Waals surface area contributed by atoms with E-state index in [0.29, 0.717) is 31.6 Å². The van der Waals surface area contributed by atoms with Gasteiger partial charge in [-0.25, -0.2) is 9.18 Å². The van der Waals surface area contributed by atoms with Crippen LogP contribution < -0.4 is 15.4 Å². The van der Waals surface area contributed by atoms with Crippen LogP contribution in [0.2, 0.25) is 0 Å². The van der Waals surface area contributed by atoms with Gasteiger partial charge in [0.2, 0.25) is 0 Å². The van der Waals surface area contributed by atoms with Crippen molar-refractivity contribution in [1.82, 2.24) is 15.5 Å². The van der Waals surface area contributed by atoms with Gasteiger partial charge in [-0.15, -0.1) is 0 Å². The van der Waals surface area contributed by atoms with Crippen molar-refractivity contribution in [2.24, 2.45) is 0 Å². The lowest BCUT2D eigenvalue weighted by molar-refractivity contribution is -0.131. The van der Waals surface area contributed by atoms with Gasteiger partial charge in [-0.05, 0) is 43.5 Å². The quantitative estimate of drug-likeness (QED) is 0.569. The third-order valence-electron chi connectivity index (χ3n) is 4.77. The van der Waals surface area contributed by atoms with E-state index < -0.39 is 5.54 Å². The Bertz CT molecular complexity index is 686. The van der Waals surface area contributed by atoms with Gasteiger partial charge >= 0.3 is 6.03 Å². The number of benzene rings is 1. The fourth-order valence-electron chi connectivity index (χ4n) is 3.39. The van der Waals surface area contributed by atoms with Crippen molar-refractivity contribution in [3.8, 4) is 5.75 Å².